The Morgan fingerprint density at radius 1 is 1.40 bits per heavy atom. The normalized spacial score (nSPS) is 31.6. The molecule has 0 radical (unpaired) electrons. The maximum atomic E-state index is 9.81. The van der Waals surface area contributed by atoms with Crippen LogP contribution in [0.2, 0.25) is 0 Å². The van der Waals surface area contributed by atoms with Gasteiger partial charge in [-0.15, -0.1) is 0 Å². The second-order valence-corrected chi connectivity index (χ2v) is 3.14. The quantitative estimate of drug-likeness (QED) is 0.586. The summed E-state index contributed by atoms with van der Waals surface area (Å²) in [6, 6.07) is 0. The minimum atomic E-state index is -0.589. The van der Waals surface area contributed by atoms with Crippen molar-refractivity contribution >= 4 is 0 Å². The third-order valence-electron chi connectivity index (χ3n) is 2.08. The summed E-state index contributed by atoms with van der Waals surface area (Å²) < 4.78 is 0. The highest BCUT2D eigenvalue weighted by molar-refractivity contribution is 5.18. The molecule has 0 aliphatic heterocycles. The molecule has 1 aliphatic carbocycles. The number of hydrogen-bond acceptors (Lipinski definition) is 1. The summed E-state index contributed by atoms with van der Waals surface area (Å²) in [7, 11) is 0. The molecule has 0 spiro atoms. The lowest BCUT2D eigenvalue weighted by molar-refractivity contribution is 0.0452. The maximum absolute atomic E-state index is 9.81. The lowest BCUT2D eigenvalue weighted by Crippen LogP contribution is -2.32. The second-order valence-electron chi connectivity index (χ2n) is 3.14. The fourth-order valence-corrected chi connectivity index (χ4v) is 1.05. The van der Waals surface area contributed by atoms with Crippen LogP contribution in [0.15, 0.2) is 24.3 Å². The van der Waals surface area contributed by atoms with Gasteiger partial charge in [-0.2, -0.15) is 0 Å². The van der Waals surface area contributed by atoms with Crippen molar-refractivity contribution in [1.29, 1.82) is 0 Å². The minimum absolute atomic E-state index is 0.300. The van der Waals surface area contributed by atoms with E-state index in [0.717, 1.165) is 6.42 Å². The van der Waals surface area contributed by atoms with Crippen LogP contribution in [0.25, 0.3) is 0 Å². The molecule has 10 heavy (non-hydrogen) atoms. The van der Waals surface area contributed by atoms with Gasteiger partial charge in [0.2, 0.25) is 0 Å². The standard InChI is InChI=1S/C9H14O/c1-8(2)9(10)6-4-3-5-7-9/h3-6,8,10H,7H2,1-2H3. The van der Waals surface area contributed by atoms with Crippen LogP contribution < -0.4 is 0 Å². The van der Waals surface area contributed by atoms with Gasteiger partial charge in [0.15, 0.2) is 0 Å². The number of allylic oxidation sites excluding steroid dienone is 2. The van der Waals surface area contributed by atoms with Crippen LogP contribution in [0.4, 0.5) is 0 Å². The summed E-state index contributed by atoms with van der Waals surface area (Å²) in [5, 5.41) is 9.81. The summed E-state index contributed by atoms with van der Waals surface area (Å²) >= 11 is 0. The summed E-state index contributed by atoms with van der Waals surface area (Å²) in [6.45, 7) is 4.06. The molecule has 1 aliphatic rings. The van der Waals surface area contributed by atoms with Gasteiger partial charge in [0.05, 0.1) is 5.60 Å². The van der Waals surface area contributed by atoms with E-state index in [1.165, 1.54) is 0 Å². The third kappa shape index (κ3) is 1.29. The van der Waals surface area contributed by atoms with E-state index in [2.05, 4.69) is 0 Å². The molecule has 1 heteroatoms. The Labute approximate surface area is 62.1 Å². The minimum Gasteiger partial charge on any atom is -0.385 e. The summed E-state index contributed by atoms with van der Waals surface area (Å²) in [5.74, 6) is 0.300. The fourth-order valence-electron chi connectivity index (χ4n) is 1.05. The topological polar surface area (TPSA) is 20.2 Å². The van der Waals surface area contributed by atoms with Crippen molar-refractivity contribution in [1.82, 2.24) is 0 Å². The zero-order chi connectivity index (χ0) is 7.61. The Morgan fingerprint density at radius 3 is 2.40 bits per heavy atom. The molecule has 1 rings (SSSR count). The van der Waals surface area contributed by atoms with Gasteiger partial charge < -0.3 is 5.11 Å². The summed E-state index contributed by atoms with van der Waals surface area (Å²) in [4.78, 5) is 0. The zero-order valence-electron chi connectivity index (χ0n) is 6.54. The molecule has 0 saturated heterocycles. The van der Waals surface area contributed by atoms with E-state index in [1.807, 2.05) is 38.2 Å². The Bertz CT molecular complexity index is 168. The van der Waals surface area contributed by atoms with Crippen molar-refractivity contribution in [2.45, 2.75) is 25.9 Å². The van der Waals surface area contributed by atoms with E-state index >= 15 is 0 Å². The highest BCUT2D eigenvalue weighted by Gasteiger charge is 2.26. The van der Waals surface area contributed by atoms with Crippen LogP contribution in [0.5, 0.6) is 0 Å². The second kappa shape index (κ2) is 2.59. The molecule has 0 saturated carbocycles. The highest BCUT2D eigenvalue weighted by Crippen LogP contribution is 2.25. The molecule has 0 aromatic carbocycles. The average molecular weight is 138 g/mol. The van der Waals surface area contributed by atoms with Gasteiger partial charge in [-0.05, 0) is 12.3 Å². The van der Waals surface area contributed by atoms with E-state index in [9.17, 15) is 5.11 Å². The van der Waals surface area contributed by atoms with Crippen LogP contribution in [-0.4, -0.2) is 10.7 Å². The average Bonchev–Trinajstić information content (AvgIpc) is 1.89. The molecule has 0 aromatic rings. The van der Waals surface area contributed by atoms with E-state index in [4.69, 9.17) is 0 Å². The van der Waals surface area contributed by atoms with E-state index in [0.29, 0.717) is 5.92 Å². The zero-order valence-corrected chi connectivity index (χ0v) is 6.54. The van der Waals surface area contributed by atoms with Gasteiger partial charge in [0, 0.05) is 0 Å². The Morgan fingerprint density at radius 2 is 2.10 bits per heavy atom. The van der Waals surface area contributed by atoms with E-state index < -0.39 is 5.60 Å². The highest BCUT2D eigenvalue weighted by atomic mass is 16.3. The van der Waals surface area contributed by atoms with E-state index in [-0.39, 0.29) is 0 Å². The largest absolute Gasteiger partial charge is 0.385 e. The first-order valence-electron chi connectivity index (χ1n) is 3.72. The predicted molar refractivity (Wildman–Crippen MR) is 42.7 cm³/mol. The Kier molecular flexibility index (Phi) is 1.95. The van der Waals surface area contributed by atoms with Crippen LogP contribution in [0.3, 0.4) is 0 Å². The molecule has 0 bridgehead atoms. The van der Waals surface area contributed by atoms with Crippen molar-refractivity contribution in [2.75, 3.05) is 0 Å². The van der Waals surface area contributed by atoms with Crippen molar-refractivity contribution in [2.24, 2.45) is 5.92 Å². The Hall–Kier alpha value is -0.560. The third-order valence-corrected chi connectivity index (χ3v) is 2.08. The maximum Gasteiger partial charge on any atom is 0.0887 e. The molecular weight excluding hydrogens is 124 g/mol. The summed E-state index contributed by atoms with van der Waals surface area (Å²) in [6.07, 6.45) is 8.50. The first-order valence-corrected chi connectivity index (χ1v) is 3.72. The molecule has 0 heterocycles. The number of hydrogen-bond donors (Lipinski definition) is 1. The van der Waals surface area contributed by atoms with Crippen LogP contribution in [0.1, 0.15) is 20.3 Å². The van der Waals surface area contributed by atoms with Crippen LogP contribution in [-0.2, 0) is 0 Å². The molecule has 1 atom stereocenters. The SMILES string of the molecule is CC(C)C1(O)C=CC=CC1. The van der Waals surface area contributed by atoms with Gasteiger partial charge in [0.1, 0.15) is 0 Å². The van der Waals surface area contributed by atoms with Gasteiger partial charge >= 0.3 is 0 Å². The fraction of sp³-hybridized carbons (Fsp3) is 0.556. The predicted octanol–water partition coefficient (Wildman–Crippen LogP) is 1.89. The molecule has 0 amide bonds. The van der Waals surface area contributed by atoms with Crippen molar-refractivity contribution in [3.8, 4) is 0 Å². The van der Waals surface area contributed by atoms with Crippen molar-refractivity contribution < 1.29 is 5.11 Å². The van der Waals surface area contributed by atoms with Crippen molar-refractivity contribution in [3.05, 3.63) is 24.3 Å². The van der Waals surface area contributed by atoms with Crippen LogP contribution >= 0.6 is 0 Å². The summed E-state index contributed by atoms with van der Waals surface area (Å²) in [5.41, 5.74) is -0.589. The monoisotopic (exact) mass is 138 g/mol. The first kappa shape index (κ1) is 7.55. The van der Waals surface area contributed by atoms with Gasteiger partial charge in [-0.1, -0.05) is 38.2 Å². The lowest BCUT2D eigenvalue weighted by atomic mass is 9.85. The molecule has 1 nitrogen and oxygen atoms in total. The molecule has 0 aromatic heterocycles. The molecule has 0 fully saturated rings. The molecule has 1 unspecified atom stereocenters. The smallest absolute Gasteiger partial charge is 0.0887 e. The van der Waals surface area contributed by atoms with Gasteiger partial charge in [-0.25, -0.2) is 0 Å². The first-order chi connectivity index (χ1) is 4.65. The van der Waals surface area contributed by atoms with Crippen LogP contribution in [0, 0.1) is 5.92 Å². The molecule has 1 N–H and O–H groups in total. The lowest BCUT2D eigenvalue weighted by Gasteiger charge is -2.29. The van der Waals surface area contributed by atoms with Gasteiger partial charge in [0.25, 0.3) is 0 Å². The Balaban J connectivity index is 2.70. The number of rotatable bonds is 1. The van der Waals surface area contributed by atoms with Gasteiger partial charge in [-0.3, -0.25) is 0 Å². The molecular formula is C9H14O. The van der Waals surface area contributed by atoms with Crippen molar-refractivity contribution in [3.63, 3.8) is 0 Å². The molecule has 56 valence electrons. The number of aliphatic hydroxyl groups is 1. The van der Waals surface area contributed by atoms with E-state index in [1.54, 1.807) is 0 Å².